The van der Waals surface area contributed by atoms with Gasteiger partial charge in [-0.3, -0.25) is 0 Å². The average molecular weight is 230 g/mol. The van der Waals surface area contributed by atoms with E-state index in [1.54, 1.807) is 0 Å². The standard InChI is InChI=1S/C13H18N4/c1-16(2)10-12-8-13(14)17(15-12)9-11-6-4-3-5-7-11/h3-8H,9-10,14H2,1-2H3. The third-order valence-corrected chi connectivity index (χ3v) is 2.52. The summed E-state index contributed by atoms with van der Waals surface area (Å²) >= 11 is 0. The molecule has 2 rings (SSSR count). The van der Waals surface area contributed by atoms with Gasteiger partial charge in [0.25, 0.3) is 0 Å². The minimum Gasteiger partial charge on any atom is -0.384 e. The molecular weight excluding hydrogens is 212 g/mol. The molecule has 0 aliphatic carbocycles. The quantitative estimate of drug-likeness (QED) is 0.867. The normalized spacial score (nSPS) is 11.0. The van der Waals surface area contributed by atoms with E-state index in [-0.39, 0.29) is 0 Å². The minimum absolute atomic E-state index is 0.714. The van der Waals surface area contributed by atoms with E-state index in [4.69, 9.17) is 5.73 Å². The summed E-state index contributed by atoms with van der Waals surface area (Å²) in [5, 5.41) is 4.50. The molecule has 0 aliphatic heterocycles. The molecule has 4 nitrogen and oxygen atoms in total. The van der Waals surface area contributed by atoms with Gasteiger partial charge in [0, 0.05) is 12.6 Å². The highest BCUT2D eigenvalue weighted by molar-refractivity contribution is 5.32. The summed E-state index contributed by atoms with van der Waals surface area (Å²) in [5.74, 6) is 0.714. The molecular formula is C13H18N4. The number of benzene rings is 1. The Bertz CT molecular complexity index is 473. The van der Waals surface area contributed by atoms with Crippen molar-refractivity contribution in [3.8, 4) is 0 Å². The van der Waals surface area contributed by atoms with Gasteiger partial charge in [-0.25, -0.2) is 4.68 Å². The zero-order chi connectivity index (χ0) is 12.3. The van der Waals surface area contributed by atoms with Gasteiger partial charge in [0.2, 0.25) is 0 Å². The SMILES string of the molecule is CN(C)Cc1cc(N)n(Cc2ccccc2)n1. The molecule has 0 saturated heterocycles. The molecule has 4 heteroatoms. The molecule has 0 atom stereocenters. The monoisotopic (exact) mass is 230 g/mol. The van der Waals surface area contributed by atoms with Crippen LogP contribution in [0, 0.1) is 0 Å². The van der Waals surface area contributed by atoms with Gasteiger partial charge in [-0.2, -0.15) is 5.10 Å². The van der Waals surface area contributed by atoms with Gasteiger partial charge >= 0.3 is 0 Å². The summed E-state index contributed by atoms with van der Waals surface area (Å²) in [4.78, 5) is 2.08. The molecule has 1 heterocycles. The first-order valence-corrected chi connectivity index (χ1v) is 5.66. The van der Waals surface area contributed by atoms with Crippen molar-refractivity contribution in [3.05, 3.63) is 47.7 Å². The summed E-state index contributed by atoms with van der Waals surface area (Å²) in [6.45, 7) is 1.53. The van der Waals surface area contributed by atoms with E-state index in [0.717, 1.165) is 18.8 Å². The van der Waals surface area contributed by atoms with Gasteiger partial charge in [-0.1, -0.05) is 30.3 Å². The van der Waals surface area contributed by atoms with Crippen LogP contribution in [0.25, 0.3) is 0 Å². The van der Waals surface area contributed by atoms with Crippen LogP contribution in [0.4, 0.5) is 5.82 Å². The molecule has 0 spiro atoms. The van der Waals surface area contributed by atoms with Crippen molar-refractivity contribution >= 4 is 5.82 Å². The zero-order valence-corrected chi connectivity index (χ0v) is 10.3. The highest BCUT2D eigenvalue weighted by Crippen LogP contribution is 2.10. The molecule has 0 radical (unpaired) electrons. The second-order valence-corrected chi connectivity index (χ2v) is 4.44. The van der Waals surface area contributed by atoms with E-state index in [1.807, 2.05) is 43.0 Å². The van der Waals surface area contributed by atoms with Crippen molar-refractivity contribution in [2.24, 2.45) is 0 Å². The largest absolute Gasteiger partial charge is 0.384 e. The van der Waals surface area contributed by atoms with E-state index in [9.17, 15) is 0 Å². The Morgan fingerprint density at radius 3 is 2.59 bits per heavy atom. The smallest absolute Gasteiger partial charge is 0.122 e. The summed E-state index contributed by atoms with van der Waals surface area (Å²) in [6.07, 6.45) is 0. The number of rotatable bonds is 4. The molecule has 0 fully saturated rings. The summed E-state index contributed by atoms with van der Waals surface area (Å²) in [5.41, 5.74) is 8.16. The fraction of sp³-hybridized carbons (Fsp3) is 0.308. The Labute approximate surface area is 102 Å². The lowest BCUT2D eigenvalue weighted by atomic mass is 10.2. The maximum Gasteiger partial charge on any atom is 0.122 e. The maximum absolute atomic E-state index is 5.95. The molecule has 0 saturated carbocycles. The predicted octanol–water partition coefficient (Wildman–Crippen LogP) is 1.58. The first-order chi connectivity index (χ1) is 8.15. The first-order valence-electron chi connectivity index (χ1n) is 5.66. The topological polar surface area (TPSA) is 47.1 Å². The van der Waals surface area contributed by atoms with E-state index >= 15 is 0 Å². The van der Waals surface area contributed by atoms with Crippen LogP contribution in [-0.4, -0.2) is 28.8 Å². The van der Waals surface area contributed by atoms with Gasteiger partial charge in [0.15, 0.2) is 0 Å². The number of hydrogen-bond acceptors (Lipinski definition) is 3. The van der Waals surface area contributed by atoms with E-state index in [2.05, 4.69) is 22.1 Å². The van der Waals surface area contributed by atoms with Gasteiger partial charge in [0.05, 0.1) is 12.2 Å². The van der Waals surface area contributed by atoms with Crippen LogP contribution in [0.15, 0.2) is 36.4 Å². The molecule has 0 unspecified atom stereocenters. The lowest BCUT2D eigenvalue weighted by Gasteiger charge is -2.06. The number of nitrogen functional groups attached to an aromatic ring is 1. The molecule has 1 aromatic carbocycles. The number of nitrogens with two attached hydrogens (primary N) is 1. The van der Waals surface area contributed by atoms with Crippen LogP contribution >= 0.6 is 0 Å². The zero-order valence-electron chi connectivity index (χ0n) is 10.3. The summed E-state index contributed by atoms with van der Waals surface area (Å²) in [6, 6.07) is 12.1. The number of hydrogen-bond donors (Lipinski definition) is 1. The lowest BCUT2D eigenvalue weighted by molar-refractivity contribution is 0.394. The molecule has 90 valence electrons. The molecule has 0 aliphatic rings. The molecule has 2 N–H and O–H groups in total. The van der Waals surface area contributed by atoms with Crippen LogP contribution in [-0.2, 0) is 13.1 Å². The minimum atomic E-state index is 0.714. The number of aromatic nitrogens is 2. The molecule has 17 heavy (non-hydrogen) atoms. The second kappa shape index (κ2) is 5.01. The maximum atomic E-state index is 5.95. The Kier molecular flexibility index (Phi) is 3.44. The van der Waals surface area contributed by atoms with E-state index in [1.165, 1.54) is 5.56 Å². The molecule has 0 amide bonds. The van der Waals surface area contributed by atoms with Gasteiger partial charge < -0.3 is 10.6 Å². The van der Waals surface area contributed by atoms with Crippen LogP contribution in [0.1, 0.15) is 11.3 Å². The third-order valence-electron chi connectivity index (χ3n) is 2.52. The Morgan fingerprint density at radius 1 is 1.24 bits per heavy atom. The fourth-order valence-electron chi connectivity index (χ4n) is 1.77. The average Bonchev–Trinajstić information content (AvgIpc) is 2.59. The van der Waals surface area contributed by atoms with Crippen molar-refractivity contribution in [3.63, 3.8) is 0 Å². The summed E-state index contributed by atoms with van der Waals surface area (Å²) in [7, 11) is 4.04. The van der Waals surface area contributed by atoms with E-state index < -0.39 is 0 Å². The number of nitrogens with zero attached hydrogens (tertiary/aromatic N) is 3. The Hall–Kier alpha value is -1.81. The highest BCUT2D eigenvalue weighted by atomic mass is 15.3. The highest BCUT2D eigenvalue weighted by Gasteiger charge is 2.06. The van der Waals surface area contributed by atoms with E-state index in [0.29, 0.717) is 5.82 Å². The van der Waals surface area contributed by atoms with Gasteiger partial charge in [0.1, 0.15) is 5.82 Å². The van der Waals surface area contributed by atoms with Crippen molar-refractivity contribution in [2.75, 3.05) is 19.8 Å². The molecule has 2 aromatic rings. The van der Waals surface area contributed by atoms with Crippen molar-refractivity contribution in [2.45, 2.75) is 13.1 Å². The van der Waals surface area contributed by atoms with Crippen LogP contribution in [0.5, 0.6) is 0 Å². The van der Waals surface area contributed by atoms with Crippen molar-refractivity contribution in [1.82, 2.24) is 14.7 Å². The Morgan fingerprint density at radius 2 is 1.94 bits per heavy atom. The molecule has 1 aromatic heterocycles. The second-order valence-electron chi connectivity index (χ2n) is 4.44. The van der Waals surface area contributed by atoms with Crippen LogP contribution in [0.2, 0.25) is 0 Å². The lowest BCUT2D eigenvalue weighted by Crippen LogP contribution is -2.12. The summed E-state index contributed by atoms with van der Waals surface area (Å²) < 4.78 is 1.84. The van der Waals surface area contributed by atoms with Crippen LogP contribution < -0.4 is 5.73 Å². The predicted molar refractivity (Wildman–Crippen MR) is 69.6 cm³/mol. The fourth-order valence-corrected chi connectivity index (χ4v) is 1.77. The number of anilines is 1. The van der Waals surface area contributed by atoms with Gasteiger partial charge in [-0.15, -0.1) is 0 Å². The van der Waals surface area contributed by atoms with Gasteiger partial charge in [-0.05, 0) is 19.7 Å². The van der Waals surface area contributed by atoms with Crippen LogP contribution in [0.3, 0.4) is 0 Å². The Balaban J connectivity index is 2.14. The first kappa shape index (κ1) is 11.7. The van der Waals surface area contributed by atoms with Crippen molar-refractivity contribution in [1.29, 1.82) is 0 Å². The third kappa shape index (κ3) is 3.07. The molecule has 0 bridgehead atoms. The van der Waals surface area contributed by atoms with Crippen molar-refractivity contribution < 1.29 is 0 Å².